The highest BCUT2D eigenvalue weighted by Crippen LogP contribution is 2.34. The Hall–Kier alpha value is -2.00. The van der Waals surface area contributed by atoms with Gasteiger partial charge in [0.15, 0.2) is 0 Å². The summed E-state index contributed by atoms with van der Waals surface area (Å²) in [6.07, 6.45) is 1.27. The second-order valence-electron chi connectivity index (χ2n) is 5.03. The Morgan fingerprint density at radius 3 is 2.00 bits per heavy atom. The number of piperidine rings is 1. The van der Waals surface area contributed by atoms with Gasteiger partial charge in [-0.3, -0.25) is 0 Å². The van der Waals surface area contributed by atoms with Crippen LogP contribution in [-0.4, -0.2) is 13.1 Å². The highest BCUT2D eigenvalue weighted by molar-refractivity contribution is 5.59. The Labute approximate surface area is 108 Å². The number of aryl methyl sites for hydroxylation is 2. The smallest absolute Gasteiger partial charge is 0.147 e. The molecule has 3 heteroatoms. The summed E-state index contributed by atoms with van der Waals surface area (Å²) in [4.78, 5) is 2.30. The van der Waals surface area contributed by atoms with Crippen molar-refractivity contribution in [2.24, 2.45) is 5.41 Å². The van der Waals surface area contributed by atoms with Crippen molar-refractivity contribution in [3.05, 3.63) is 29.3 Å². The summed E-state index contributed by atoms with van der Waals surface area (Å²) in [6.45, 7) is 5.79. The van der Waals surface area contributed by atoms with Crippen molar-refractivity contribution in [1.82, 2.24) is 0 Å². The SMILES string of the molecule is Cc1cccc(C)c1N1CCC(C#N)(C#N)CC1. The molecule has 1 fully saturated rings. The van der Waals surface area contributed by atoms with Crippen LogP contribution in [-0.2, 0) is 0 Å². The fraction of sp³-hybridized carbons (Fsp3) is 0.467. The molecule has 1 saturated heterocycles. The molecular formula is C15H17N3. The number of para-hydroxylation sites is 1. The van der Waals surface area contributed by atoms with Gasteiger partial charge in [-0.25, -0.2) is 0 Å². The summed E-state index contributed by atoms with van der Waals surface area (Å²) in [6, 6.07) is 10.6. The van der Waals surface area contributed by atoms with Crippen molar-refractivity contribution in [1.29, 1.82) is 10.5 Å². The van der Waals surface area contributed by atoms with Crippen LogP contribution in [0.4, 0.5) is 5.69 Å². The van der Waals surface area contributed by atoms with Crippen LogP contribution in [0.25, 0.3) is 0 Å². The molecular weight excluding hydrogens is 222 g/mol. The maximum Gasteiger partial charge on any atom is 0.147 e. The van der Waals surface area contributed by atoms with Crippen LogP contribution in [0.3, 0.4) is 0 Å². The van der Waals surface area contributed by atoms with Crippen molar-refractivity contribution in [3.63, 3.8) is 0 Å². The molecule has 0 atom stereocenters. The largest absolute Gasteiger partial charge is 0.371 e. The Balaban J connectivity index is 2.21. The molecule has 1 aliphatic heterocycles. The number of hydrogen-bond donors (Lipinski definition) is 0. The van der Waals surface area contributed by atoms with Crippen molar-refractivity contribution >= 4 is 5.69 Å². The first-order valence-electron chi connectivity index (χ1n) is 6.25. The van der Waals surface area contributed by atoms with E-state index in [1.165, 1.54) is 16.8 Å². The average Bonchev–Trinajstić information content (AvgIpc) is 2.39. The molecule has 1 aliphatic rings. The maximum atomic E-state index is 9.12. The molecule has 2 rings (SSSR count). The highest BCUT2D eigenvalue weighted by Gasteiger charge is 2.35. The van der Waals surface area contributed by atoms with E-state index in [2.05, 4.69) is 49.1 Å². The van der Waals surface area contributed by atoms with Crippen LogP contribution >= 0.6 is 0 Å². The zero-order valence-corrected chi connectivity index (χ0v) is 10.9. The van der Waals surface area contributed by atoms with Crippen molar-refractivity contribution in [2.45, 2.75) is 26.7 Å². The van der Waals surface area contributed by atoms with E-state index in [0.29, 0.717) is 12.8 Å². The van der Waals surface area contributed by atoms with Gasteiger partial charge in [0.25, 0.3) is 0 Å². The van der Waals surface area contributed by atoms with Gasteiger partial charge < -0.3 is 4.90 Å². The first-order valence-corrected chi connectivity index (χ1v) is 6.25. The van der Waals surface area contributed by atoms with Gasteiger partial charge in [0.1, 0.15) is 5.41 Å². The predicted octanol–water partition coefficient (Wildman–Crippen LogP) is 2.94. The maximum absolute atomic E-state index is 9.12. The van der Waals surface area contributed by atoms with E-state index in [1.54, 1.807) is 0 Å². The summed E-state index contributed by atoms with van der Waals surface area (Å²) in [7, 11) is 0. The number of rotatable bonds is 1. The normalized spacial score (nSPS) is 17.9. The Morgan fingerprint density at radius 1 is 1.06 bits per heavy atom. The summed E-state index contributed by atoms with van der Waals surface area (Å²) < 4.78 is 0. The minimum atomic E-state index is -0.771. The van der Waals surface area contributed by atoms with Crippen molar-refractivity contribution in [2.75, 3.05) is 18.0 Å². The number of anilines is 1. The quantitative estimate of drug-likeness (QED) is 0.757. The highest BCUT2D eigenvalue weighted by atomic mass is 15.1. The molecule has 0 bridgehead atoms. The van der Waals surface area contributed by atoms with Gasteiger partial charge in [0, 0.05) is 18.8 Å². The van der Waals surface area contributed by atoms with E-state index in [4.69, 9.17) is 10.5 Å². The molecule has 0 aromatic heterocycles. The zero-order chi connectivity index (χ0) is 13.2. The fourth-order valence-electron chi connectivity index (χ4n) is 2.67. The molecule has 1 heterocycles. The van der Waals surface area contributed by atoms with Crippen LogP contribution in [0.15, 0.2) is 18.2 Å². The third kappa shape index (κ3) is 2.05. The first-order chi connectivity index (χ1) is 8.62. The van der Waals surface area contributed by atoms with Gasteiger partial charge in [-0.1, -0.05) is 18.2 Å². The zero-order valence-electron chi connectivity index (χ0n) is 10.9. The molecule has 18 heavy (non-hydrogen) atoms. The van der Waals surface area contributed by atoms with E-state index < -0.39 is 5.41 Å². The molecule has 0 saturated carbocycles. The number of nitriles is 2. The van der Waals surface area contributed by atoms with E-state index in [-0.39, 0.29) is 0 Å². The third-order valence-electron chi connectivity index (χ3n) is 3.80. The Morgan fingerprint density at radius 2 is 1.56 bits per heavy atom. The molecule has 0 N–H and O–H groups in total. The van der Waals surface area contributed by atoms with E-state index >= 15 is 0 Å². The van der Waals surface area contributed by atoms with E-state index in [1.807, 2.05) is 0 Å². The Kier molecular flexibility index (Phi) is 3.26. The molecule has 0 radical (unpaired) electrons. The first kappa shape index (κ1) is 12.5. The van der Waals surface area contributed by atoms with E-state index in [9.17, 15) is 0 Å². The van der Waals surface area contributed by atoms with Gasteiger partial charge in [0.05, 0.1) is 12.1 Å². The molecule has 1 aromatic rings. The van der Waals surface area contributed by atoms with Gasteiger partial charge in [-0.15, -0.1) is 0 Å². The molecule has 0 aliphatic carbocycles. The van der Waals surface area contributed by atoms with Gasteiger partial charge in [-0.05, 0) is 37.8 Å². The summed E-state index contributed by atoms with van der Waals surface area (Å²) in [5.41, 5.74) is 3.02. The predicted molar refractivity (Wildman–Crippen MR) is 71.0 cm³/mol. The van der Waals surface area contributed by atoms with Crippen molar-refractivity contribution < 1.29 is 0 Å². The van der Waals surface area contributed by atoms with Crippen LogP contribution in [0.1, 0.15) is 24.0 Å². The third-order valence-corrected chi connectivity index (χ3v) is 3.80. The lowest BCUT2D eigenvalue weighted by atomic mass is 9.81. The minimum absolute atomic E-state index is 0.633. The number of benzene rings is 1. The molecule has 0 unspecified atom stereocenters. The number of hydrogen-bond acceptors (Lipinski definition) is 3. The van der Waals surface area contributed by atoms with Crippen LogP contribution in [0.2, 0.25) is 0 Å². The van der Waals surface area contributed by atoms with Gasteiger partial charge >= 0.3 is 0 Å². The van der Waals surface area contributed by atoms with E-state index in [0.717, 1.165) is 13.1 Å². The topological polar surface area (TPSA) is 50.8 Å². The monoisotopic (exact) mass is 239 g/mol. The standard InChI is InChI=1S/C15H17N3/c1-12-4-3-5-13(2)14(12)18-8-6-15(10-16,11-17)7-9-18/h3-5H,6-9H2,1-2H3. The van der Waals surface area contributed by atoms with Crippen LogP contribution in [0, 0.1) is 41.9 Å². The molecule has 0 spiro atoms. The summed E-state index contributed by atoms with van der Waals surface area (Å²) in [5, 5.41) is 18.2. The minimum Gasteiger partial charge on any atom is -0.371 e. The summed E-state index contributed by atoms with van der Waals surface area (Å²) in [5.74, 6) is 0. The Bertz CT molecular complexity index is 489. The lowest BCUT2D eigenvalue weighted by Gasteiger charge is -2.36. The van der Waals surface area contributed by atoms with Gasteiger partial charge in [0.2, 0.25) is 0 Å². The second-order valence-corrected chi connectivity index (χ2v) is 5.03. The molecule has 3 nitrogen and oxygen atoms in total. The number of nitrogens with zero attached hydrogens (tertiary/aromatic N) is 3. The second kappa shape index (κ2) is 4.70. The molecule has 92 valence electrons. The molecule has 0 amide bonds. The van der Waals surface area contributed by atoms with Gasteiger partial charge in [-0.2, -0.15) is 10.5 Å². The summed E-state index contributed by atoms with van der Waals surface area (Å²) >= 11 is 0. The van der Waals surface area contributed by atoms with Crippen LogP contribution < -0.4 is 4.90 Å². The lowest BCUT2D eigenvalue weighted by Crippen LogP contribution is -2.39. The average molecular weight is 239 g/mol. The van der Waals surface area contributed by atoms with Crippen LogP contribution in [0.5, 0.6) is 0 Å². The lowest BCUT2D eigenvalue weighted by molar-refractivity contribution is 0.393. The van der Waals surface area contributed by atoms with Crippen molar-refractivity contribution in [3.8, 4) is 12.1 Å². The molecule has 1 aromatic carbocycles. The fourth-order valence-corrected chi connectivity index (χ4v) is 2.67.